The van der Waals surface area contributed by atoms with Crippen molar-refractivity contribution in [2.75, 3.05) is 0 Å². The van der Waals surface area contributed by atoms with E-state index in [2.05, 4.69) is 10.1 Å². The summed E-state index contributed by atoms with van der Waals surface area (Å²) in [6, 6.07) is 17.5. The Hall–Kier alpha value is -3.81. The molecule has 0 saturated carbocycles. The summed E-state index contributed by atoms with van der Waals surface area (Å²) in [5.41, 5.74) is 5.91. The van der Waals surface area contributed by atoms with Crippen LogP contribution in [0.15, 0.2) is 72.4 Å². The van der Waals surface area contributed by atoms with Crippen LogP contribution in [0.2, 0.25) is 5.02 Å². The molecule has 0 radical (unpaired) electrons. The molecule has 162 valence electrons. The number of carbonyl (C=O) groups excluding carboxylic acids is 1. The predicted octanol–water partition coefficient (Wildman–Crippen LogP) is 6.18. The van der Waals surface area contributed by atoms with Gasteiger partial charge in [0.2, 0.25) is 0 Å². The lowest BCUT2D eigenvalue weighted by Crippen LogP contribution is -2.15. The van der Waals surface area contributed by atoms with Gasteiger partial charge in [-0.3, -0.25) is 9.78 Å². The monoisotopic (exact) mass is 473 g/mol. The van der Waals surface area contributed by atoms with Crippen molar-refractivity contribution in [1.82, 2.24) is 14.8 Å². The molecule has 33 heavy (non-hydrogen) atoms. The van der Waals surface area contributed by atoms with E-state index in [1.807, 2.05) is 31.2 Å². The highest BCUT2D eigenvalue weighted by Gasteiger charge is 2.22. The van der Waals surface area contributed by atoms with E-state index in [0.717, 1.165) is 21.4 Å². The van der Waals surface area contributed by atoms with Crippen LogP contribution in [0.5, 0.6) is 0 Å². The van der Waals surface area contributed by atoms with E-state index in [4.69, 9.17) is 11.6 Å². The van der Waals surface area contributed by atoms with Gasteiger partial charge in [-0.2, -0.15) is 9.78 Å². The quantitative estimate of drug-likeness (QED) is 0.337. The van der Waals surface area contributed by atoms with Crippen molar-refractivity contribution in [1.29, 1.82) is 0 Å². The lowest BCUT2D eigenvalue weighted by atomic mass is 10.0. The molecule has 1 N–H and O–H groups in total. The van der Waals surface area contributed by atoms with Crippen molar-refractivity contribution in [3.05, 3.63) is 94.1 Å². The second kappa shape index (κ2) is 8.27. The smallest absolute Gasteiger partial charge is 0.335 e. The topological polar surface area (TPSA) is 85.1 Å². The summed E-state index contributed by atoms with van der Waals surface area (Å²) < 4.78 is 1.37. The van der Waals surface area contributed by atoms with Crippen molar-refractivity contribution < 1.29 is 14.7 Å². The molecular formula is C25H16ClN3O3S. The predicted molar refractivity (Wildman–Crippen MR) is 129 cm³/mol. The first kappa shape index (κ1) is 21.1. The summed E-state index contributed by atoms with van der Waals surface area (Å²) in [5, 5.41) is 15.0. The Morgan fingerprint density at radius 2 is 1.79 bits per heavy atom. The van der Waals surface area contributed by atoms with Crippen LogP contribution in [0.1, 0.15) is 26.3 Å². The first-order valence-corrected chi connectivity index (χ1v) is 11.2. The number of aryl methyl sites for hydroxylation is 1. The van der Waals surface area contributed by atoms with Crippen molar-refractivity contribution in [2.24, 2.45) is 0 Å². The molecule has 0 amide bonds. The van der Waals surface area contributed by atoms with Crippen LogP contribution < -0.4 is 0 Å². The number of carboxylic acid groups (broad SMARTS) is 1. The van der Waals surface area contributed by atoms with Gasteiger partial charge in [0.15, 0.2) is 0 Å². The average Bonchev–Trinajstić information content (AvgIpc) is 3.47. The van der Waals surface area contributed by atoms with Crippen LogP contribution in [0.4, 0.5) is 0 Å². The number of hydrogen-bond acceptors (Lipinski definition) is 5. The molecular weight excluding hydrogens is 458 g/mol. The Labute approximate surface area is 197 Å². The molecule has 0 fully saturated rings. The van der Waals surface area contributed by atoms with Gasteiger partial charge >= 0.3 is 5.97 Å². The number of thiazole rings is 1. The number of hydrogen-bond donors (Lipinski definition) is 1. The fraction of sp³-hybridized carbons (Fsp3) is 0.0400. The third-order valence-corrected chi connectivity index (χ3v) is 6.57. The molecule has 0 unspecified atom stereocenters. The number of carbonyl (C=O) groups is 2. The third-order valence-electron chi connectivity index (χ3n) is 5.43. The van der Waals surface area contributed by atoms with Gasteiger partial charge in [0, 0.05) is 17.1 Å². The molecule has 2 heterocycles. The molecule has 0 aliphatic carbocycles. The van der Waals surface area contributed by atoms with Gasteiger partial charge in [0.25, 0.3) is 5.91 Å². The third kappa shape index (κ3) is 3.71. The summed E-state index contributed by atoms with van der Waals surface area (Å²) in [6.45, 7) is 1.83. The maximum absolute atomic E-state index is 13.6. The number of fused-ring (bicyclic) bond motifs is 1. The fourth-order valence-corrected chi connectivity index (χ4v) is 4.70. The highest BCUT2D eigenvalue weighted by Crippen LogP contribution is 2.34. The maximum Gasteiger partial charge on any atom is 0.335 e. The van der Waals surface area contributed by atoms with Crippen molar-refractivity contribution in [3.8, 4) is 21.7 Å². The first-order valence-electron chi connectivity index (χ1n) is 9.99. The van der Waals surface area contributed by atoms with Crippen molar-refractivity contribution in [3.63, 3.8) is 0 Å². The van der Waals surface area contributed by atoms with Crippen LogP contribution >= 0.6 is 22.9 Å². The number of benzene rings is 3. The normalized spacial score (nSPS) is 11.1. The standard InChI is InChI=1S/C25H16ClN3O3S/c1-14-3-2-4-19(26)22(14)24(30)29-20-11-17(21-12-27-13-33-21)9-10-18(20)23(28-29)15-5-7-16(8-6-15)25(31)32/h2-13H,1H3,(H,31,32). The lowest BCUT2D eigenvalue weighted by molar-refractivity contribution is 0.0696. The van der Waals surface area contributed by atoms with Gasteiger partial charge in [-0.25, -0.2) is 4.79 Å². The first-order chi connectivity index (χ1) is 15.9. The summed E-state index contributed by atoms with van der Waals surface area (Å²) in [6.07, 6.45) is 1.78. The second-order valence-electron chi connectivity index (χ2n) is 7.48. The van der Waals surface area contributed by atoms with Gasteiger partial charge in [0.1, 0.15) is 5.69 Å². The van der Waals surface area contributed by atoms with E-state index < -0.39 is 5.97 Å². The minimum atomic E-state index is -1.00. The van der Waals surface area contributed by atoms with Crippen LogP contribution in [-0.2, 0) is 0 Å². The summed E-state index contributed by atoms with van der Waals surface area (Å²) >= 11 is 7.89. The molecule has 2 aromatic heterocycles. The van der Waals surface area contributed by atoms with E-state index in [1.54, 1.807) is 36.0 Å². The Kier molecular flexibility index (Phi) is 5.28. The number of aromatic nitrogens is 3. The summed E-state index contributed by atoms with van der Waals surface area (Å²) in [5.74, 6) is -1.34. The highest BCUT2D eigenvalue weighted by molar-refractivity contribution is 7.13. The molecule has 6 nitrogen and oxygen atoms in total. The zero-order valence-corrected chi connectivity index (χ0v) is 18.9. The second-order valence-corrected chi connectivity index (χ2v) is 8.77. The Balaban J connectivity index is 1.74. The fourth-order valence-electron chi connectivity index (χ4n) is 3.77. The lowest BCUT2D eigenvalue weighted by Gasteiger charge is -2.08. The van der Waals surface area contributed by atoms with Crippen LogP contribution in [-0.4, -0.2) is 31.7 Å². The van der Waals surface area contributed by atoms with E-state index >= 15 is 0 Å². The largest absolute Gasteiger partial charge is 0.478 e. The number of nitrogens with zero attached hydrogens (tertiary/aromatic N) is 3. The molecule has 0 bridgehead atoms. The van der Waals surface area contributed by atoms with Crippen molar-refractivity contribution in [2.45, 2.75) is 6.92 Å². The van der Waals surface area contributed by atoms with E-state index in [-0.39, 0.29) is 11.5 Å². The molecule has 3 aromatic carbocycles. The summed E-state index contributed by atoms with van der Waals surface area (Å²) in [4.78, 5) is 30.0. The van der Waals surface area contributed by atoms with Gasteiger partial charge in [0.05, 0.1) is 32.1 Å². The van der Waals surface area contributed by atoms with Gasteiger partial charge in [-0.15, -0.1) is 11.3 Å². The van der Waals surface area contributed by atoms with Gasteiger partial charge in [-0.05, 0) is 48.4 Å². The van der Waals surface area contributed by atoms with E-state index in [9.17, 15) is 14.7 Å². The Bertz CT molecular complexity index is 1500. The number of halogens is 1. The highest BCUT2D eigenvalue weighted by atomic mass is 35.5. The zero-order valence-electron chi connectivity index (χ0n) is 17.3. The molecule has 5 aromatic rings. The molecule has 0 aliphatic rings. The average molecular weight is 474 g/mol. The minimum absolute atomic E-state index is 0.178. The zero-order chi connectivity index (χ0) is 23.1. The molecule has 5 rings (SSSR count). The van der Waals surface area contributed by atoms with E-state index in [1.165, 1.54) is 28.2 Å². The molecule has 0 atom stereocenters. The number of aromatic carboxylic acids is 1. The molecule has 8 heteroatoms. The van der Waals surface area contributed by atoms with Crippen LogP contribution in [0, 0.1) is 6.92 Å². The summed E-state index contributed by atoms with van der Waals surface area (Å²) in [7, 11) is 0. The van der Waals surface area contributed by atoms with Gasteiger partial charge < -0.3 is 5.11 Å². The molecule has 0 spiro atoms. The maximum atomic E-state index is 13.6. The van der Waals surface area contributed by atoms with Crippen LogP contribution in [0.25, 0.3) is 32.6 Å². The number of carboxylic acids is 1. The Morgan fingerprint density at radius 3 is 2.45 bits per heavy atom. The molecule has 0 saturated heterocycles. The minimum Gasteiger partial charge on any atom is -0.478 e. The van der Waals surface area contributed by atoms with E-state index in [0.29, 0.717) is 27.4 Å². The Morgan fingerprint density at radius 1 is 1.03 bits per heavy atom. The SMILES string of the molecule is Cc1cccc(Cl)c1C(=O)n1nc(-c2ccc(C(=O)O)cc2)c2ccc(-c3cncs3)cc21. The molecule has 0 aliphatic heterocycles. The number of rotatable bonds is 4. The van der Waals surface area contributed by atoms with Gasteiger partial charge in [-0.1, -0.05) is 41.9 Å². The van der Waals surface area contributed by atoms with Crippen molar-refractivity contribution >= 4 is 45.7 Å². The van der Waals surface area contributed by atoms with Crippen LogP contribution in [0.3, 0.4) is 0 Å².